The molecule has 8 aromatic carbocycles. The van der Waals surface area contributed by atoms with Gasteiger partial charge in [-0.2, -0.15) is 0 Å². The maximum atomic E-state index is 3.36. The minimum atomic E-state index is -0.145. The molecular formula is C65H62N2. The highest BCUT2D eigenvalue weighted by molar-refractivity contribution is 5.95. The van der Waals surface area contributed by atoms with Crippen molar-refractivity contribution in [2.45, 2.75) is 51.5 Å². The van der Waals surface area contributed by atoms with Gasteiger partial charge < -0.3 is 9.80 Å². The molecule has 2 aliphatic carbocycles. The van der Waals surface area contributed by atoms with E-state index >= 15 is 0 Å². The molecule has 11 rings (SSSR count). The molecule has 1 unspecified atom stereocenters. The van der Waals surface area contributed by atoms with E-state index in [4.69, 9.17) is 0 Å². The Labute approximate surface area is 400 Å². The Balaban J connectivity index is 0.000000157. The topological polar surface area (TPSA) is 6.48 Å². The minimum Gasteiger partial charge on any atom is -0.345 e. The zero-order valence-corrected chi connectivity index (χ0v) is 40.0. The first-order valence-corrected chi connectivity index (χ1v) is 23.3. The van der Waals surface area contributed by atoms with E-state index in [9.17, 15) is 0 Å². The van der Waals surface area contributed by atoms with Gasteiger partial charge in [-0.15, -0.1) is 0 Å². The van der Waals surface area contributed by atoms with Crippen molar-refractivity contribution >= 4 is 22.7 Å². The summed E-state index contributed by atoms with van der Waals surface area (Å²) in [5.41, 5.74) is 22.6. The van der Waals surface area contributed by atoms with E-state index in [0.717, 1.165) is 0 Å². The molecule has 2 heteroatoms. The Morgan fingerprint density at radius 3 is 1.49 bits per heavy atom. The molecule has 1 aliphatic heterocycles. The Bertz CT molecular complexity index is 3040. The first kappa shape index (κ1) is 45.9. The van der Waals surface area contributed by atoms with Crippen molar-refractivity contribution in [1.29, 1.82) is 0 Å². The molecule has 0 N–H and O–H groups in total. The van der Waals surface area contributed by atoms with Crippen LogP contribution in [0.3, 0.4) is 0 Å². The van der Waals surface area contributed by atoms with Crippen LogP contribution in [-0.4, -0.2) is 13.1 Å². The molecule has 8 aromatic rings. The summed E-state index contributed by atoms with van der Waals surface area (Å²) in [4.78, 5) is 4.80. The first-order valence-electron chi connectivity index (χ1n) is 23.3. The van der Waals surface area contributed by atoms with Crippen LogP contribution in [0.25, 0.3) is 44.5 Å². The molecule has 0 radical (unpaired) electrons. The maximum Gasteiger partial charge on any atom is 0.0476 e. The van der Waals surface area contributed by atoms with E-state index in [2.05, 4.69) is 266 Å². The number of anilines is 4. The summed E-state index contributed by atoms with van der Waals surface area (Å²) < 4.78 is 0. The third kappa shape index (κ3) is 8.41. The Morgan fingerprint density at radius 2 is 0.896 bits per heavy atom. The van der Waals surface area contributed by atoms with E-state index in [1.165, 1.54) is 95.1 Å². The molecule has 67 heavy (non-hydrogen) atoms. The molecule has 332 valence electrons. The standard InChI is InChI=1S/C29H25N.C28H25N.2C4H6/c1-19(2)30-26-17-16-21(20-10-5-4-6-11-20)18-25(26)29(3)24-14-8-7-12-22(24)23-13-9-15-27(30)28(23)29;1-28(2)26-12-8-7-11-24(26)25-18-17-23(19-27(25)28)29(3)22-15-13-21(14-16-22)20-9-5-4-6-10-20;2*1-3-4-2/h4-19H,1-3H3;4-19H,1-3H3;2*3-4H,1-2H2. The second-order valence-electron chi connectivity index (χ2n) is 18.2. The first-order chi connectivity index (χ1) is 32.5. The van der Waals surface area contributed by atoms with Crippen LogP contribution in [-0.2, 0) is 10.8 Å². The van der Waals surface area contributed by atoms with E-state index in [1.807, 2.05) is 0 Å². The lowest BCUT2D eigenvalue weighted by atomic mass is 9.70. The van der Waals surface area contributed by atoms with E-state index in [0.29, 0.717) is 6.04 Å². The molecule has 0 saturated heterocycles. The fourth-order valence-corrected chi connectivity index (χ4v) is 10.3. The van der Waals surface area contributed by atoms with E-state index < -0.39 is 0 Å². The molecule has 0 amide bonds. The predicted octanol–water partition coefficient (Wildman–Crippen LogP) is 17.7. The number of rotatable bonds is 7. The third-order valence-electron chi connectivity index (χ3n) is 13.6. The number of allylic oxidation sites excluding steroid dienone is 4. The van der Waals surface area contributed by atoms with Crippen LogP contribution in [0.5, 0.6) is 0 Å². The number of hydrogen-bond donors (Lipinski definition) is 0. The highest BCUT2D eigenvalue weighted by Crippen LogP contribution is 2.61. The van der Waals surface area contributed by atoms with Crippen LogP contribution in [0, 0.1) is 0 Å². The molecule has 1 atom stereocenters. The third-order valence-corrected chi connectivity index (χ3v) is 13.6. The fraction of sp³-hybridized carbons (Fsp3) is 0.138. The summed E-state index contributed by atoms with van der Waals surface area (Å²) in [6, 6.07) is 69.0. The zero-order valence-electron chi connectivity index (χ0n) is 40.0. The van der Waals surface area contributed by atoms with Crippen molar-refractivity contribution in [2.75, 3.05) is 16.8 Å². The van der Waals surface area contributed by atoms with Crippen LogP contribution in [0.4, 0.5) is 22.7 Å². The molecular weight excluding hydrogens is 809 g/mol. The Morgan fingerprint density at radius 1 is 0.418 bits per heavy atom. The van der Waals surface area contributed by atoms with Gasteiger partial charge in [0, 0.05) is 46.7 Å². The van der Waals surface area contributed by atoms with Crippen LogP contribution in [0.2, 0.25) is 0 Å². The average Bonchev–Trinajstić information content (AvgIpc) is 3.78. The van der Waals surface area contributed by atoms with Crippen LogP contribution >= 0.6 is 0 Å². The maximum absolute atomic E-state index is 3.36. The van der Waals surface area contributed by atoms with Crippen LogP contribution in [0.1, 0.15) is 62.4 Å². The molecule has 0 spiro atoms. The lowest BCUT2D eigenvalue weighted by Crippen LogP contribution is -2.37. The molecule has 1 heterocycles. The van der Waals surface area contributed by atoms with Crippen LogP contribution < -0.4 is 9.80 Å². The largest absolute Gasteiger partial charge is 0.345 e. The van der Waals surface area contributed by atoms with Gasteiger partial charge in [0.15, 0.2) is 0 Å². The molecule has 0 aromatic heterocycles. The summed E-state index contributed by atoms with van der Waals surface area (Å²) in [5, 5.41) is 0. The van der Waals surface area contributed by atoms with Gasteiger partial charge in [-0.05, 0) is 136 Å². The summed E-state index contributed by atoms with van der Waals surface area (Å²) in [6.07, 6.45) is 6.56. The molecule has 0 bridgehead atoms. The van der Waals surface area contributed by atoms with Crippen molar-refractivity contribution < 1.29 is 0 Å². The van der Waals surface area contributed by atoms with Gasteiger partial charge in [0.05, 0.1) is 0 Å². The van der Waals surface area contributed by atoms with Crippen molar-refractivity contribution in [2.24, 2.45) is 0 Å². The number of benzene rings is 8. The van der Waals surface area contributed by atoms with Gasteiger partial charge >= 0.3 is 0 Å². The van der Waals surface area contributed by atoms with Crippen LogP contribution in [0.15, 0.2) is 239 Å². The van der Waals surface area contributed by atoms with Gasteiger partial charge in [0.25, 0.3) is 0 Å². The quantitative estimate of drug-likeness (QED) is 0.147. The normalized spacial score (nSPS) is 14.6. The van der Waals surface area contributed by atoms with Crippen molar-refractivity contribution in [3.05, 3.63) is 266 Å². The number of nitrogens with zero attached hydrogens (tertiary/aromatic N) is 2. The Kier molecular flexibility index (Phi) is 13.3. The smallest absolute Gasteiger partial charge is 0.0476 e. The lowest BCUT2D eigenvalue weighted by Gasteiger charge is -2.44. The summed E-state index contributed by atoms with van der Waals surface area (Å²) in [5.74, 6) is 0. The monoisotopic (exact) mass is 870 g/mol. The summed E-state index contributed by atoms with van der Waals surface area (Å²) in [7, 11) is 2.15. The van der Waals surface area contributed by atoms with E-state index in [1.54, 1.807) is 24.3 Å². The van der Waals surface area contributed by atoms with Crippen molar-refractivity contribution in [1.82, 2.24) is 0 Å². The highest BCUT2D eigenvalue weighted by atomic mass is 15.2. The number of fused-ring (bicyclic) bond motifs is 8. The van der Waals surface area contributed by atoms with Gasteiger partial charge in [-0.1, -0.05) is 210 Å². The SMILES string of the molecule is C=CC=C.C=CC=C.CC(C)N1c2ccc(-c3ccccc3)cc2C2(C)c3ccccc3-c3cccc1c32.CN(c1ccc(-c2ccccc2)cc1)c1ccc2c(c1)C(C)(C)c1ccccc1-2. The number of hydrogen-bond acceptors (Lipinski definition) is 2. The predicted molar refractivity (Wildman–Crippen MR) is 291 cm³/mol. The zero-order chi connectivity index (χ0) is 47.3. The van der Waals surface area contributed by atoms with Gasteiger partial charge in [-0.25, -0.2) is 0 Å². The molecule has 3 aliphatic rings. The van der Waals surface area contributed by atoms with Gasteiger partial charge in [-0.3, -0.25) is 0 Å². The Hall–Kier alpha value is -7.68. The van der Waals surface area contributed by atoms with Gasteiger partial charge in [0.2, 0.25) is 0 Å². The minimum absolute atomic E-state index is 0.0277. The second-order valence-corrected chi connectivity index (χ2v) is 18.2. The molecule has 0 fully saturated rings. The van der Waals surface area contributed by atoms with Crippen molar-refractivity contribution in [3.8, 4) is 44.5 Å². The second kappa shape index (κ2) is 19.4. The highest BCUT2D eigenvalue weighted by Gasteiger charge is 2.48. The fourth-order valence-electron chi connectivity index (χ4n) is 10.3. The average molecular weight is 871 g/mol. The van der Waals surface area contributed by atoms with E-state index in [-0.39, 0.29) is 10.8 Å². The van der Waals surface area contributed by atoms with Crippen molar-refractivity contribution in [3.63, 3.8) is 0 Å². The molecule has 2 nitrogen and oxygen atoms in total. The van der Waals surface area contributed by atoms with Gasteiger partial charge in [0.1, 0.15) is 0 Å². The molecule has 0 saturated carbocycles. The summed E-state index contributed by atoms with van der Waals surface area (Å²) in [6.45, 7) is 25.1. The lowest BCUT2D eigenvalue weighted by molar-refractivity contribution is 0.660. The summed E-state index contributed by atoms with van der Waals surface area (Å²) >= 11 is 0.